The maximum Gasteiger partial charge on any atom is 0.416 e. The van der Waals surface area contributed by atoms with Crippen molar-refractivity contribution in [1.82, 2.24) is 25.1 Å². The lowest BCUT2D eigenvalue weighted by Gasteiger charge is -2.19. The highest BCUT2D eigenvalue weighted by Crippen LogP contribution is 2.37. The van der Waals surface area contributed by atoms with Crippen LogP contribution in [-0.2, 0) is 12.4 Å². The van der Waals surface area contributed by atoms with Crippen molar-refractivity contribution < 1.29 is 31.1 Å². The lowest BCUT2D eigenvalue weighted by Crippen LogP contribution is -2.30. The van der Waals surface area contributed by atoms with Crippen LogP contribution in [0.5, 0.6) is 0 Å². The molecule has 2 aromatic heterocycles. The van der Waals surface area contributed by atoms with Crippen molar-refractivity contribution >= 4 is 5.91 Å². The number of nitrogens with one attached hydrogen (secondary N) is 1. The van der Waals surface area contributed by atoms with Crippen LogP contribution in [0.2, 0.25) is 0 Å². The normalized spacial score (nSPS) is 13.2. The summed E-state index contributed by atoms with van der Waals surface area (Å²) in [6, 6.07) is 4.76. The first-order valence-corrected chi connectivity index (χ1v) is 8.38. The van der Waals surface area contributed by atoms with Gasteiger partial charge in [-0.2, -0.15) is 36.1 Å². The standard InChI is InChI=1S/C18H13F6N5O/c1-10(11-6-12(17(19,20)21)8-13(7-11)18(22,23)24)28-16(30)15-26-9-27-29(15)14-4-2-3-5-25-14/h2-10H,1H3,(H,28,30). The number of carbonyl (C=O) groups is 1. The smallest absolute Gasteiger partial charge is 0.343 e. The van der Waals surface area contributed by atoms with Gasteiger partial charge in [0.15, 0.2) is 5.82 Å². The zero-order valence-electron chi connectivity index (χ0n) is 15.2. The number of amides is 1. The van der Waals surface area contributed by atoms with E-state index in [4.69, 9.17) is 0 Å². The Labute approximate surface area is 165 Å². The maximum absolute atomic E-state index is 13.0. The minimum atomic E-state index is -4.99. The summed E-state index contributed by atoms with van der Waals surface area (Å²) in [5, 5.41) is 6.21. The summed E-state index contributed by atoms with van der Waals surface area (Å²) in [4.78, 5) is 20.3. The Balaban J connectivity index is 1.91. The quantitative estimate of drug-likeness (QED) is 0.632. The number of hydrogen-bond acceptors (Lipinski definition) is 4. The van der Waals surface area contributed by atoms with Gasteiger partial charge >= 0.3 is 12.4 Å². The Bertz CT molecular complexity index is 1010. The second-order valence-corrected chi connectivity index (χ2v) is 6.22. The number of rotatable bonds is 4. The summed E-state index contributed by atoms with van der Waals surface area (Å²) in [7, 11) is 0. The first kappa shape index (κ1) is 21.3. The fraction of sp³-hybridized carbons (Fsp3) is 0.222. The van der Waals surface area contributed by atoms with Crippen LogP contribution in [-0.4, -0.2) is 25.7 Å². The molecule has 0 aliphatic carbocycles. The Hall–Kier alpha value is -3.44. The van der Waals surface area contributed by atoms with Gasteiger partial charge in [0.05, 0.1) is 17.2 Å². The van der Waals surface area contributed by atoms with Crippen LogP contribution < -0.4 is 5.32 Å². The molecular weight excluding hydrogens is 416 g/mol. The predicted molar refractivity (Wildman–Crippen MR) is 91.5 cm³/mol. The molecule has 1 unspecified atom stereocenters. The molecule has 30 heavy (non-hydrogen) atoms. The van der Waals surface area contributed by atoms with E-state index in [1.165, 1.54) is 19.2 Å². The Morgan fingerprint density at radius 3 is 2.17 bits per heavy atom. The van der Waals surface area contributed by atoms with Gasteiger partial charge in [0.25, 0.3) is 5.91 Å². The molecule has 1 atom stereocenters. The molecule has 0 spiro atoms. The molecule has 0 bridgehead atoms. The molecule has 0 aliphatic heterocycles. The summed E-state index contributed by atoms with van der Waals surface area (Å²) in [5.74, 6) is -0.827. The second kappa shape index (κ2) is 7.76. The molecule has 1 amide bonds. The van der Waals surface area contributed by atoms with Crippen LogP contribution in [0, 0.1) is 0 Å². The third-order valence-electron chi connectivity index (χ3n) is 4.07. The van der Waals surface area contributed by atoms with Gasteiger partial charge in [-0.15, -0.1) is 0 Å². The van der Waals surface area contributed by atoms with Crippen molar-refractivity contribution in [2.45, 2.75) is 25.3 Å². The first-order chi connectivity index (χ1) is 14.0. The Morgan fingerprint density at radius 1 is 1.00 bits per heavy atom. The van der Waals surface area contributed by atoms with Gasteiger partial charge in [0, 0.05) is 6.20 Å². The minimum absolute atomic E-state index is 0.0236. The van der Waals surface area contributed by atoms with E-state index in [1.807, 2.05) is 0 Å². The van der Waals surface area contributed by atoms with Gasteiger partial charge in [-0.3, -0.25) is 4.79 Å². The van der Waals surface area contributed by atoms with Crippen molar-refractivity contribution in [1.29, 1.82) is 0 Å². The van der Waals surface area contributed by atoms with Gasteiger partial charge in [-0.05, 0) is 42.8 Å². The van der Waals surface area contributed by atoms with E-state index in [1.54, 1.807) is 12.1 Å². The molecule has 2 heterocycles. The monoisotopic (exact) mass is 429 g/mol. The molecule has 1 aromatic carbocycles. The molecule has 6 nitrogen and oxygen atoms in total. The fourth-order valence-corrected chi connectivity index (χ4v) is 2.62. The van der Waals surface area contributed by atoms with E-state index in [-0.39, 0.29) is 23.3 Å². The number of aromatic nitrogens is 4. The van der Waals surface area contributed by atoms with Crippen LogP contribution in [0.1, 0.15) is 40.3 Å². The highest BCUT2D eigenvalue weighted by atomic mass is 19.4. The zero-order valence-corrected chi connectivity index (χ0v) is 15.2. The number of alkyl halides is 6. The molecular formula is C18H13F6N5O. The van der Waals surface area contributed by atoms with Crippen molar-refractivity contribution in [3.05, 3.63) is 71.4 Å². The van der Waals surface area contributed by atoms with Gasteiger partial charge in [-0.1, -0.05) is 6.07 Å². The lowest BCUT2D eigenvalue weighted by molar-refractivity contribution is -0.143. The highest BCUT2D eigenvalue weighted by molar-refractivity contribution is 5.91. The van der Waals surface area contributed by atoms with Crippen LogP contribution in [0.3, 0.4) is 0 Å². The van der Waals surface area contributed by atoms with Crippen LogP contribution in [0.25, 0.3) is 5.82 Å². The average molecular weight is 429 g/mol. The predicted octanol–water partition coefficient (Wildman–Crippen LogP) is 4.19. The van der Waals surface area contributed by atoms with Crippen LogP contribution in [0.4, 0.5) is 26.3 Å². The third kappa shape index (κ3) is 4.58. The summed E-state index contributed by atoms with van der Waals surface area (Å²) in [6.07, 6.45) is -7.46. The number of pyridine rings is 1. The van der Waals surface area contributed by atoms with Gasteiger partial charge in [0.2, 0.25) is 5.82 Å². The number of carbonyl (C=O) groups excluding carboxylic acids is 1. The SMILES string of the molecule is CC(NC(=O)c1ncnn1-c1ccccn1)c1cc(C(F)(F)F)cc(C(F)(F)F)c1. The van der Waals surface area contributed by atoms with Crippen LogP contribution in [0.15, 0.2) is 48.9 Å². The van der Waals surface area contributed by atoms with Crippen molar-refractivity contribution in [3.63, 3.8) is 0 Å². The Kier molecular flexibility index (Phi) is 5.51. The molecule has 158 valence electrons. The van der Waals surface area contributed by atoms with E-state index >= 15 is 0 Å². The summed E-state index contributed by atoms with van der Waals surface area (Å²) >= 11 is 0. The van der Waals surface area contributed by atoms with Crippen molar-refractivity contribution in [2.75, 3.05) is 0 Å². The van der Waals surface area contributed by atoms with Gasteiger partial charge < -0.3 is 5.32 Å². The fourth-order valence-electron chi connectivity index (χ4n) is 2.62. The third-order valence-corrected chi connectivity index (χ3v) is 4.07. The summed E-state index contributed by atoms with van der Waals surface area (Å²) in [5.41, 5.74) is -3.30. The molecule has 0 aliphatic rings. The molecule has 0 radical (unpaired) electrons. The molecule has 0 saturated heterocycles. The number of hydrogen-bond donors (Lipinski definition) is 1. The molecule has 0 saturated carbocycles. The van der Waals surface area contributed by atoms with Crippen LogP contribution >= 0.6 is 0 Å². The van der Waals surface area contributed by atoms with E-state index in [2.05, 4.69) is 20.4 Å². The minimum Gasteiger partial charge on any atom is -0.343 e. The number of nitrogens with zero attached hydrogens (tertiary/aromatic N) is 4. The summed E-state index contributed by atoms with van der Waals surface area (Å²) in [6.45, 7) is 1.26. The number of halogens is 6. The summed E-state index contributed by atoms with van der Waals surface area (Å²) < 4.78 is 79.3. The largest absolute Gasteiger partial charge is 0.416 e. The van der Waals surface area contributed by atoms with Gasteiger partial charge in [-0.25, -0.2) is 9.97 Å². The molecule has 0 fully saturated rings. The second-order valence-electron chi connectivity index (χ2n) is 6.22. The molecule has 3 aromatic rings. The van der Waals surface area contributed by atoms with E-state index in [0.717, 1.165) is 11.0 Å². The maximum atomic E-state index is 13.0. The Morgan fingerprint density at radius 2 is 1.63 bits per heavy atom. The average Bonchev–Trinajstić information content (AvgIpc) is 3.17. The highest BCUT2D eigenvalue weighted by Gasteiger charge is 2.37. The number of benzene rings is 1. The first-order valence-electron chi connectivity index (χ1n) is 8.38. The van der Waals surface area contributed by atoms with Crippen molar-refractivity contribution in [2.24, 2.45) is 0 Å². The van der Waals surface area contributed by atoms with Gasteiger partial charge in [0.1, 0.15) is 6.33 Å². The molecule has 3 rings (SSSR count). The molecule has 12 heteroatoms. The van der Waals surface area contributed by atoms with E-state index in [9.17, 15) is 31.1 Å². The lowest BCUT2D eigenvalue weighted by atomic mass is 10.0. The van der Waals surface area contributed by atoms with Crippen molar-refractivity contribution in [3.8, 4) is 5.82 Å². The molecule has 1 N–H and O–H groups in total. The van der Waals surface area contributed by atoms with E-state index in [0.29, 0.717) is 12.1 Å². The zero-order chi connectivity index (χ0) is 22.1. The topological polar surface area (TPSA) is 72.7 Å². The van der Waals surface area contributed by atoms with E-state index < -0.39 is 35.4 Å².